The molecule has 0 radical (unpaired) electrons. The van der Waals surface area contributed by atoms with Gasteiger partial charge in [0.2, 0.25) is 0 Å². The minimum absolute atomic E-state index is 0.0761. The molecule has 0 fully saturated rings. The number of hydrogen-bond acceptors (Lipinski definition) is 4. The van der Waals surface area contributed by atoms with Gasteiger partial charge in [0.15, 0.2) is 5.82 Å². The highest BCUT2D eigenvalue weighted by Gasteiger charge is 2.09. The van der Waals surface area contributed by atoms with Crippen molar-refractivity contribution in [2.75, 3.05) is 11.1 Å². The summed E-state index contributed by atoms with van der Waals surface area (Å²) >= 11 is 0. The first-order valence-electron chi connectivity index (χ1n) is 4.43. The van der Waals surface area contributed by atoms with Gasteiger partial charge in [0, 0.05) is 11.6 Å². The Morgan fingerprint density at radius 3 is 2.88 bits per heavy atom. The van der Waals surface area contributed by atoms with Crippen molar-refractivity contribution >= 4 is 17.4 Å². The van der Waals surface area contributed by atoms with Gasteiger partial charge >= 0.3 is 0 Å². The number of hydrogen-bond donors (Lipinski definition) is 2. The molecule has 1 aromatic carbocycles. The molecule has 0 aliphatic rings. The van der Waals surface area contributed by atoms with Gasteiger partial charge in [-0.05, 0) is 18.2 Å². The number of rotatable bonds is 2. The highest BCUT2D eigenvalue weighted by Crippen LogP contribution is 2.13. The molecule has 0 atom stereocenters. The van der Waals surface area contributed by atoms with Crippen molar-refractivity contribution < 1.29 is 13.7 Å². The van der Waals surface area contributed by atoms with Crippen LogP contribution in [0.4, 0.5) is 15.9 Å². The van der Waals surface area contributed by atoms with E-state index in [1.165, 1.54) is 24.5 Å². The number of carbonyl (C=O) groups is 1. The zero-order valence-corrected chi connectivity index (χ0v) is 8.11. The van der Waals surface area contributed by atoms with Crippen molar-refractivity contribution in [2.45, 2.75) is 0 Å². The molecule has 6 heteroatoms. The third-order valence-electron chi connectivity index (χ3n) is 1.94. The van der Waals surface area contributed by atoms with Crippen LogP contribution in [0.15, 0.2) is 35.1 Å². The normalized spacial score (nSPS) is 10.1. The maximum absolute atomic E-state index is 12.9. The Labute approximate surface area is 90.0 Å². The SMILES string of the molecule is Nc1cc(C(=O)Nc2ccon2)ccc1F. The van der Waals surface area contributed by atoms with Crippen LogP contribution < -0.4 is 11.1 Å². The average Bonchev–Trinajstić information content (AvgIpc) is 2.74. The van der Waals surface area contributed by atoms with Gasteiger partial charge in [0.05, 0.1) is 5.69 Å². The van der Waals surface area contributed by atoms with Crippen LogP contribution in [0.3, 0.4) is 0 Å². The summed E-state index contributed by atoms with van der Waals surface area (Å²) in [5, 5.41) is 5.97. The lowest BCUT2D eigenvalue weighted by Crippen LogP contribution is -2.12. The van der Waals surface area contributed by atoms with E-state index < -0.39 is 11.7 Å². The van der Waals surface area contributed by atoms with Crippen LogP contribution in [-0.2, 0) is 0 Å². The molecular formula is C10H8FN3O2. The minimum Gasteiger partial charge on any atom is -0.396 e. The number of benzene rings is 1. The number of nitrogens with zero attached hydrogens (tertiary/aromatic N) is 1. The molecule has 2 rings (SSSR count). The van der Waals surface area contributed by atoms with Crippen molar-refractivity contribution in [3.8, 4) is 0 Å². The summed E-state index contributed by atoms with van der Waals surface area (Å²) in [6.07, 6.45) is 1.33. The monoisotopic (exact) mass is 221 g/mol. The van der Waals surface area contributed by atoms with Crippen LogP contribution >= 0.6 is 0 Å². The highest BCUT2D eigenvalue weighted by molar-refractivity contribution is 6.04. The Bertz CT molecular complexity index is 511. The first-order valence-corrected chi connectivity index (χ1v) is 4.43. The van der Waals surface area contributed by atoms with E-state index in [1.54, 1.807) is 0 Å². The summed E-state index contributed by atoms with van der Waals surface area (Å²) in [6.45, 7) is 0. The second kappa shape index (κ2) is 4.01. The molecule has 0 spiro atoms. The summed E-state index contributed by atoms with van der Waals surface area (Å²) in [6, 6.07) is 5.21. The molecule has 0 unspecified atom stereocenters. The minimum atomic E-state index is -0.557. The van der Waals surface area contributed by atoms with E-state index in [9.17, 15) is 9.18 Å². The first kappa shape index (κ1) is 10.2. The van der Waals surface area contributed by atoms with Gasteiger partial charge in [-0.1, -0.05) is 5.16 Å². The molecule has 0 aliphatic carbocycles. The molecule has 1 aromatic heterocycles. The number of aromatic nitrogens is 1. The predicted octanol–water partition coefficient (Wildman–Crippen LogP) is 1.65. The number of nitrogens with one attached hydrogen (secondary N) is 1. The maximum Gasteiger partial charge on any atom is 0.256 e. The summed E-state index contributed by atoms with van der Waals surface area (Å²) in [7, 11) is 0. The van der Waals surface area contributed by atoms with Crippen LogP contribution in [0.25, 0.3) is 0 Å². The van der Waals surface area contributed by atoms with Crippen molar-refractivity contribution in [1.82, 2.24) is 5.16 Å². The Morgan fingerprint density at radius 1 is 1.44 bits per heavy atom. The summed E-state index contributed by atoms with van der Waals surface area (Å²) < 4.78 is 17.4. The fourth-order valence-electron chi connectivity index (χ4n) is 1.15. The van der Waals surface area contributed by atoms with Crippen molar-refractivity contribution in [1.29, 1.82) is 0 Å². The molecule has 2 aromatic rings. The number of amides is 1. The molecular weight excluding hydrogens is 213 g/mol. The molecule has 1 amide bonds. The molecule has 1 heterocycles. The van der Waals surface area contributed by atoms with E-state index in [1.807, 2.05) is 0 Å². The van der Waals surface area contributed by atoms with E-state index in [-0.39, 0.29) is 17.1 Å². The van der Waals surface area contributed by atoms with Crippen LogP contribution in [0.5, 0.6) is 0 Å². The van der Waals surface area contributed by atoms with E-state index in [4.69, 9.17) is 5.73 Å². The number of anilines is 2. The quantitative estimate of drug-likeness (QED) is 0.755. The predicted molar refractivity (Wildman–Crippen MR) is 55.3 cm³/mol. The van der Waals surface area contributed by atoms with E-state index in [0.717, 1.165) is 6.07 Å². The lowest BCUT2D eigenvalue weighted by atomic mass is 10.2. The summed E-state index contributed by atoms with van der Waals surface area (Å²) in [5.74, 6) is -0.702. The smallest absolute Gasteiger partial charge is 0.256 e. The highest BCUT2D eigenvalue weighted by atomic mass is 19.1. The Morgan fingerprint density at radius 2 is 2.25 bits per heavy atom. The van der Waals surface area contributed by atoms with E-state index in [2.05, 4.69) is 15.0 Å². The first-order chi connectivity index (χ1) is 7.66. The molecule has 0 aliphatic heterocycles. The zero-order chi connectivity index (χ0) is 11.5. The van der Waals surface area contributed by atoms with Crippen LogP contribution in [-0.4, -0.2) is 11.1 Å². The second-order valence-electron chi connectivity index (χ2n) is 3.08. The fourth-order valence-corrected chi connectivity index (χ4v) is 1.15. The second-order valence-corrected chi connectivity index (χ2v) is 3.08. The maximum atomic E-state index is 12.9. The van der Waals surface area contributed by atoms with E-state index >= 15 is 0 Å². The van der Waals surface area contributed by atoms with Crippen molar-refractivity contribution in [3.05, 3.63) is 41.9 Å². The third kappa shape index (κ3) is 2.00. The summed E-state index contributed by atoms with van der Waals surface area (Å²) in [5.41, 5.74) is 5.52. The lowest BCUT2D eigenvalue weighted by molar-refractivity contribution is 0.102. The van der Waals surface area contributed by atoms with Gasteiger partial charge in [-0.3, -0.25) is 4.79 Å². The zero-order valence-electron chi connectivity index (χ0n) is 8.11. The van der Waals surface area contributed by atoms with Crippen molar-refractivity contribution in [2.24, 2.45) is 0 Å². The van der Waals surface area contributed by atoms with Crippen molar-refractivity contribution in [3.63, 3.8) is 0 Å². The third-order valence-corrected chi connectivity index (χ3v) is 1.94. The van der Waals surface area contributed by atoms with Gasteiger partial charge in [0.1, 0.15) is 12.1 Å². The Balaban J connectivity index is 2.18. The fraction of sp³-hybridized carbons (Fsp3) is 0. The molecule has 3 N–H and O–H groups in total. The number of carbonyl (C=O) groups excluding carboxylic acids is 1. The topological polar surface area (TPSA) is 81.2 Å². The number of nitrogen functional groups attached to an aromatic ring is 1. The van der Waals surface area contributed by atoms with E-state index in [0.29, 0.717) is 0 Å². The van der Waals surface area contributed by atoms with Crippen LogP contribution in [0.2, 0.25) is 0 Å². The number of nitrogens with two attached hydrogens (primary N) is 1. The molecule has 0 saturated carbocycles. The Kier molecular flexibility index (Phi) is 2.55. The van der Waals surface area contributed by atoms with Crippen LogP contribution in [0, 0.1) is 5.82 Å². The lowest BCUT2D eigenvalue weighted by Gasteiger charge is -2.02. The molecule has 5 nitrogen and oxygen atoms in total. The van der Waals surface area contributed by atoms with Gasteiger partial charge in [-0.2, -0.15) is 0 Å². The molecule has 0 saturated heterocycles. The molecule has 16 heavy (non-hydrogen) atoms. The Hall–Kier alpha value is -2.37. The standard InChI is InChI=1S/C10H8FN3O2/c11-7-2-1-6(5-8(7)12)10(15)13-9-3-4-16-14-9/h1-5H,12H2,(H,13,14,15). The average molecular weight is 221 g/mol. The van der Waals surface area contributed by atoms with Gasteiger partial charge in [0.25, 0.3) is 5.91 Å². The van der Waals surface area contributed by atoms with Gasteiger partial charge < -0.3 is 15.6 Å². The summed E-state index contributed by atoms with van der Waals surface area (Å²) in [4.78, 5) is 11.6. The molecule has 0 bridgehead atoms. The number of halogens is 1. The van der Waals surface area contributed by atoms with Gasteiger partial charge in [-0.25, -0.2) is 4.39 Å². The largest absolute Gasteiger partial charge is 0.396 e. The van der Waals surface area contributed by atoms with Gasteiger partial charge in [-0.15, -0.1) is 0 Å². The molecule has 82 valence electrons. The van der Waals surface area contributed by atoms with Crippen LogP contribution in [0.1, 0.15) is 10.4 Å².